The molecule has 1 nitrogen and oxygen atoms in total. The fraction of sp³-hybridized carbons (Fsp3) is 0.143. The molecule has 0 amide bonds. The molecule has 5 heteroatoms. The molecule has 0 fully saturated rings. The smallest absolute Gasteiger partial charge is 0.163 e. The molecule has 0 aliphatic carbocycles. The third-order valence-electron chi connectivity index (χ3n) is 2.80. The molecule has 0 aromatic heterocycles. The van der Waals surface area contributed by atoms with Gasteiger partial charge in [-0.15, -0.1) is 0 Å². The monoisotopic (exact) mass is 269 g/mol. The molecule has 0 aliphatic heterocycles. The molecule has 0 aliphatic rings. The number of halogens is 4. The first-order chi connectivity index (χ1) is 9.02. The van der Waals surface area contributed by atoms with Gasteiger partial charge in [0, 0.05) is 11.6 Å². The molecular weight excluding hydrogens is 258 g/mol. The van der Waals surface area contributed by atoms with E-state index in [0.29, 0.717) is 0 Å². The number of hydrogen-bond acceptors (Lipinski definition) is 1. The summed E-state index contributed by atoms with van der Waals surface area (Å²) in [5.41, 5.74) is 0.178. The molecule has 0 spiro atoms. The van der Waals surface area contributed by atoms with Gasteiger partial charge in [-0.05, 0) is 30.8 Å². The Morgan fingerprint density at radius 1 is 0.947 bits per heavy atom. The fourth-order valence-electron chi connectivity index (χ4n) is 1.99. The predicted octanol–water partition coefficient (Wildman–Crippen LogP) is 3.55. The van der Waals surface area contributed by atoms with Gasteiger partial charge in [0.25, 0.3) is 0 Å². The summed E-state index contributed by atoms with van der Waals surface area (Å²) in [5, 5.41) is 2.72. The summed E-state index contributed by atoms with van der Waals surface area (Å²) >= 11 is 0. The average molecular weight is 269 g/mol. The molecule has 1 atom stereocenters. The van der Waals surface area contributed by atoms with Crippen LogP contribution in [0.25, 0.3) is 0 Å². The SMILES string of the molecule is CNC(c1cc(F)cc(F)c1)c1cccc(F)c1F. The van der Waals surface area contributed by atoms with E-state index in [9.17, 15) is 17.6 Å². The highest BCUT2D eigenvalue weighted by Crippen LogP contribution is 2.26. The lowest BCUT2D eigenvalue weighted by atomic mass is 9.98. The van der Waals surface area contributed by atoms with Crippen molar-refractivity contribution in [2.24, 2.45) is 0 Å². The zero-order valence-corrected chi connectivity index (χ0v) is 10.1. The first-order valence-corrected chi connectivity index (χ1v) is 5.60. The van der Waals surface area contributed by atoms with Crippen molar-refractivity contribution in [2.75, 3.05) is 7.05 Å². The summed E-state index contributed by atoms with van der Waals surface area (Å²) < 4.78 is 53.3. The third kappa shape index (κ3) is 2.76. The van der Waals surface area contributed by atoms with Gasteiger partial charge in [-0.3, -0.25) is 0 Å². The van der Waals surface area contributed by atoms with Crippen LogP contribution in [0, 0.1) is 23.3 Å². The lowest BCUT2D eigenvalue weighted by Gasteiger charge is -2.18. The highest BCUT2D eigenvalue weighted by atomic mass is 19.2. The van der Waals surface area contributed by atoms with Crippen molar-refractivity contribution in [1.82, 2.24) is 5.32 Å². The molecule has 1 unspecified atom stereocenters. The standard InChI is InChI=1S/C14H11F4N/c1-19-14(8-5-9(15)7-10(16)6-8)11-3-2-4-12(17)13(11)18/h2-7,14,19H,1H3. The van der Waals surface area contributed by atoms with E-state index < -0.39 is 29.3 Å². The molecule has 0 saturated carbocycles. The van der Waals surface area contributed by atoms with E-state index in [0.717, 1.165) is 24.3 Å². The summed E-state index contributed by atoms with van der Waals surface area (Å²) in [6.45, 7) is 0. The van der Waals surface area contributed by atoms with Gasteiger partial charge in [0.15, 0.2) is 11.6 Å². The topological polar surface area (TPSA) is 12.0 Å². The lowest BCUT2D eigenvalue weighted by Crippen LogP contribution is -2.19. The highest BCUT2D eigenvalue weighted by molar-refractivity contribution is 5.33. The Morgan fingerprint density at radius 3 is 2.16 bits per heavy atom. The van der Waals surface area contributed by atoms with Crippen molar-refractivity contribution >= 4 is 0 Å². The zero-order valence-electron chi connectivity index (χ0n) is 10.1. The third-order valence-corrected chi connectivity index (χ3v) is 2.80. The predicted molar refractivity (Wildman–Crippen MR) is 63.6 cm³/mol. The number of rotatable bonds is 3. The molecule has 1 N–H and O–H groups in total. The van der Waals surface area contributed by atoms with Gasteiger partial charge < -0.3 is 5.32 Å². The van der Waals surface area contributed by atoms with E-state index in [4.69, 9.17) is 0 Å². The maximum Gasteiger partial charge on any atom is 0.163 e. The van der Waals surface area contributed by atoms with Crippen LogP contribution in [0.4, 0.5) is 17.6 Å². The van der Waals surface area contributed by atoms with Crippen molar-refractivity contribution in [1.29, 1.82) is 0 Å². The van der Waals surface area contributed by atoms with E-state index in [2.05, 4.69) is 5.32 Å². The van der Waals surface area contributed by atoms with Gasteiger partial charge in [0.2, 0.25) is 0 Å². The van der Waals surface area contributed by atoms with Crippen molar-refractivity contribution in [3.8, 4) is 0 Å². The largest absolute Gasteiger partial charge is 0.309 e. The molecular formula is C14H11F4N. The van der Waals surface area contributed by atoms with Crippen LogP contribution >= 0.6 is 0 Å². The minimum Gasteiger partial charge on any atom is -0.309 e. The van der Waals surface area contributed by atoms with Crippen LogP contribution in [-0.4, -0.2) is 7.05 Å². The molecule has 2 aromatic carbocycles. The number of benzene rings is 2. The fourth-order valence-corrected chi connectivity index (χ4v) is 1.99. The van der Waals surface area contributed by atoms with Crippen molar-refractivity contribution in [2.45, 2.75) is 6.04 Å². The van der Waals surface area contributed by atoms with Crippen molar-refractivity contribution in [3.05, 3.63) is 70.8 Å². The van der Waals surface area contributed by atoms with Gasteiger partial charge in [0.05, 0.1) is 6.04 Å². The maximum atomic E-state index is 13.7. The maximum absolute atomic E-state index is 13.7. The molecule has 19 heavy (non-hydrogen) atoms. The summed E-state index contributed by atoms with van der Waals surface area (Å²) in [5.74, 6) is -3.58. The van der Waals surface area contributed by atoms with Crippen LogP contribution in [0.5, 0.6) is 0 Å². The van der Waals surface area contributed by atoms with Gasteiger partial charge in [0.1, 0.15) is 11.6 Å². The second-order valence-corrected chi connectivity index (χ2v) is 4.07. The first-order valence-electron chi connectivity index (χ1n) is 5.60. The van der Waals surface area contributed by atoms with Gasteiger partial charge >= 0.3 is 0 Å². The Bertz CT molecular complexity index is 578. The van der Waals surface area contributed by atoms with E-state index in [1.54, 1.807) is 0 Å². The van der Waals surface area contributed by atoms with Crippen LogP contribution in [0.2, 0.25) is 0 Å². The Kier molecular flexibility index (Phi) is 3.85. The molecule has 2 aromatic rings. The van der Waals surface area contributed by atoms with Crippen molar-refractivity contribution in [3.63, 3.8) is 0 Å². The van der Waals surface area contributed by atoms with Crippen LogP contribution < -0.4 is 5.32 Å². The van der Waals surface area contributed by atoms with Crippen LogP contribution in [0.3, 0.4) is 0 Å². The number of hydrogen-bond donors (Lipinski definition) is 1. The summed E-state index contributed by atoms with van der Waals surface area (Å²) in [7, 11) is 1.50. The van der Waals surface area contributed by atoms with Gasteiger partial charge in [-0.2, -0.15) is 0 Å². The first kappa shape index (κ1) is 13.5. The van der Waals surface area contributed by atoms with Gasteiger partial charge in [-0.25, -0.2) is 17.6 Å². The minimum absolute atomic E-state index is 0.00694. The Labute approximate surface area is 107 Å². The Morgan fingerprint density at radius 2 is 1.58 bits per heavy atom. The second kappa shape index (κ2) is 5.40. The Hall–Kier alpha value is -1.88. The summed E-state index contributed by atoms with van der Waals surface area (Å²) in [4.78, 5) is 0. The quantitative estimate of drug-likeness (QED) is 0.840. The average Bonchev–Trinajstić information content (AvgIpc) is 2.34. The normalized spacial score (nSPS) is 12.5. The van der Waals surface area contributed by atoms with Crippen LogP contribution in [0.1, 0.15) is 17.2 Å². The minimum atomic E-state index is -1.04. The van der Waals surface area contributed by atoms with E-state index in [-0.39, 0.29) is 11.1 Å². The summed E-state index contributed by atoms with van der Waals surface area (Å²) in [6, 6.07) is 5.73. The van der Waals surface area contributed by atoms with Crippen LogP contribution in [0.15, 0.2) is 36.4 Å². The van der Waals surface area contributed by atoms with Crippen molar-refractivity contribution < 1.29 is 17.6 Å². The zero-order chi connectivity index (χ0) is 14.0. The summed E-state index contributed by atoms with van der Waals surface area (Å²) in [6.07, 6.45) is 0. The van der Waals surface area contributed by atoms with E-state index in [1.165, 1.54) is 19.2 Å². The Balaban J connectivity index is 2.53. The molecule has 0 saturated heterocycles. The number of nitrogens with one attached hydrogen (secondary N) is 1. The van der Waals surface area contributed by atoms with E-state index in [1.807, 2.05) is 0 Å². The molecule has 0 radical (unpaired) electrons. The second-order valence-electron chi connectivity index (χ2n) is 4.07. The van der Waals surface area contributed by atoms with Crippen LogP contribution in [-0.2, 0) is 0 Å². The van der Waals surface area contributed by atoms with E-state index >= 15 is 0 Å². The molecule has 0 bridgehead atoms. The molecule has 0 heterocycles. The molecule has 100 valence electrons. The highest BCUT2D eigenvalue weighted by Gasteiger charge is 2.19. The molecule has 2 rings (SSSR count). The lowest BCUT2D eigenvalue weighted by molar-refractivity contribution is 0.486. The van der Waals surface area contributed by atoms with Gasteiger partial charge in [-0.1, -0.05) is 12.1 Å².